The number of hydrogen-bond donors (Lipinski definition) is 1. The highest BCUT2D eigenvalue weighted by Gasteiger charge is 2.23. The van der Waals surface area contributed by atoms with E-state index in [2.05, 4.69) is 4.74 Å². The van der Waals surface area contributed by atoms with Crippen LogP contribution < -0.4 is 5.14 Å². The van der Waals surface area contributed by atoms with Crippen molar-refractivity contribution < 1.29 is 17.9 Å². The molecule has 0 bridgehead atoms. The summed E-state index contributed by atoms with van der Waals surface area (Å²) in [6, 6.07) is 8.84. The van der Waals surface area contributed by atoms with Crippen molar-refractivity contribution in [3.63, 3.8) is 0 Å². The van der Waals surface area contributed by atoms with Gasteiger partial charge in [-0.25, -0.2) is 13.9 Å². The lowest BCUT2D eigenvalue weighted by molar-refractivity contribution is 0.0593. The topological polar surface area (TPSA) is 91.4 Å². The van der Waals surface area contributed by atoms with Gasteiger partial charge in [0, 0.05) is 11.8 Å². The smallest absolute Gasteiger partial charge is 0.356 e. The highest BCUT2D eigenvalue weighted by atomic mass is 32.2. The van der Waals surface area contributed by atoms with E-state index in [0.29, 0.717) is 15.1 Å². The largest absolute Gasteiger partial charge is 0.464 e. The molecule has 0 saturated heterocycles. The molecule has 0 unspecified atom stereocenters. The van der Waals surface area contributed by atoms with Gasteiger partial charge in [-0.05, 0) is 18.6 Å². The van der Waals surface area contributed by atoms with Gasteiger partial charge in [0.1, 0.15) is 0 Å². The normalized spacial score (nSPS) is 11.3. The lowest BCUT2D eigenvalue weighted by Gasteiger charge is -2.08. The molecule has 2 aromatic rings. The van der Waals surface area contributed by atoms with Gasteiger partial charge >= 0.3 is 16.2 Å². The Labute approximate surface area is 117 Å². The Kier molecular flexibility index (Phi) is 3.65. The van der Waals surface area contributed by atoms with Gasteiger partial charge in [-0.15, -0.1) is 0 Å². The summed E-state index contributed by atoms with van der Waals surface area (Å²) in [6.07, 6.45) is 1.23. The molecule has 0 aliphatic rings. The number of nitrogens with zero attached hydrogens (tertiary/aromatic N) is 1. The van der Waals surface area contributed by atoms with Crippen molar-refractivity contribution in [2.24, 2.45) is 5.14 Å². The van der Waals surface area contributed by atoms with Crippen LogP contribution in [0.15, 0.2) is 36.5 Å². The molecule has 0 atom stereocenters. The van der Waals surface area contributed by atoms with Crippen molar-refractivity contribution in [1.29, 1.82) is 0 Å². The Morgan fingerprint density at radius 3 is 2.30 bits per heavy atom. The van der Waals surface area contributed by atoms with Gasteiger partial charge in [-0.3, -0.25) is 0 Å². The zero-order valence-electron chi connectivity index (χ0n) is 11.0. The molecule has 0 fully saturated rings. The van der Waals surface area contributed by atoms with E-state index in [9.17, 15) is 13.2 Å². The highest BCUT2D eigenvalue weighted by Crippen LogP contribution is 2.26. The summed E-state index contributed by atoms with van der Waals surface area (Å²) in [4.78, 5) is 11.8. The molecular weight excluding hydrogens is 280 g/mol. The molecule has 20 heavy (non-hydrogen) atoms. The summed E-state index contributed by atoms with van der Waals surface area (Å²) in [5.41, 5.74) is 2.10. The summed E-state index contributed by atoms with van der Waals surface area (Å²) in [6.45, 7) is 1.93. The fourth-order valence-electron chi connectivity index (χ4n) is 1.89. The molecule has 6 nitrogen and oxygen atoms in total. The Hall–Kier alpha value is -2.12. The van der Waals surface area contributed by atoms with Gasteiger partial charge in [0.05, 0.1) is 7.11 Å². The van der Waals surface area contributed by atoms with E-state index in [1.165, 1.54) is 19.4 Å². The number of aryl methyl sites for hydroxylation is 1. The molecule has 0 radical (unpaired) electrons. The van der Waals surface area contributed by atoms with Crippen LogP contribution in [0.25, 0.3) is 11.1 Å². The first kappa shape index (κ1) is 14.3. The van der Waals surface area contributed by atoms with E-state index in [1.54, 1.807) is 12.1 Å². The molecule has 0 amide bonds. The molecule has 0 aliphatic heterocycles. The Morgan fingerprint density at radius 1 is 1.20 bits per heavy atom. The summed E-state index contributed by atoms with van der Waals surface area (Å²) >= 11 is 0. The average Bonchev–Trinajstić information content (AvgIpc) is 2.83. The van der Waals surface area contributed by atoms with Crippen LogP contribution >= 0.6 is 0 Å². The van der Waals surface area contributed by atoms with Crippen LogP contribution in [0.3, 0.4) is 0 Å². The molecule has 2 N–H and O–H groups in total. The van der Waals surface area contributed by atoms with Crippen LogP contribution in [0, 0.1) is 6.92 Å². The molecular formula is C13H14N2O4S. The molecule has 2 rings (SSSR count). The van der Waals surface area contributed by atoms with Crippen molar-refractivity contribution in [2.75, 3.05) is 7.11 Å². The minimum atomic E-state index is -4.07. The summed E-state index contributed by atoms with van der Waals surface area (Å²) in [5.74, 6) is -0.764. The quantitative estimate of drug-likeness (QED) is 0.864. The third kappa shape index (κ3) is 2.59. The van der Waals surface area contributed by atoms with E-state index in [1.807, 2.05) is 19.1 Å². The van der Waals surface area contributed by atoms with E-state index < -0.39 is 16.2 Å². The molecule has 0 aliphatic carbocycles. The van der Waals surface area contributed by atoms with Gasteiger partial charge in [0.15, 0.2) is 5.69 Å². The van der Waals surface area contributed by atoms with Gasteiger partial charge < -0.3 is 4.74 Å². The predicted molar refractivity (Wildman–Crippen MR) is 74.4 cm³/mol. The third-order valence-electron chi connectivity index (χ3n) is 2.87. The lowest BCUT2D eigenvalue weighted by Crippen LogP contribution is -2.25. The number of esters is 1. The number of aromatic nitrogens is 1. The molecule has 0 spiro atoms. The Balaban J connectivity index is 2.68. The van der Waals surface area contributed by atoms with Gasteiger partial charge in [0.2, 0.25) is 0 Å². The Bertz CT molecular complexity index is 745. The number of rotatable bonds is 3. The van der Waals surface area contributed by atoms with Crippen LogP contribution in [-0.4, -0.2) is 25.5 Å². The maximum Gasteiger partial charge on any atom is 0.356 e. The van der Waals surface area contributed by atoms with E-state index in [0.717, 1.165) is 5.56 Å². The first-order chi connectivity index (χ1) is 9.34. The van der Waals surface area contributed by atoms with Crippen molar-refractivity contribution >= 4 is 16.2 Å². The first-order valence-corrected chi connectivity index (χ1v) is 7.25. The average molecular weight is 294 g/mol. The van der Waals surface area contributed by atoms with Gasteiger partial charge in [-0.1, -0.05) is 29.8 Å². The van der Waals surface area contributed by atoms with E-state index >= 15 is 0 Å². The van der Waals surface area contributed by atoms with E-state index in [-0.39, 0.29) is 5.69 Å². The maximum absolute atomic E-state index is 11.8. The second-order valence-electron chi connectivity index (χ2n) is 4.28. The van der Waals surface area contributed by atoms with E-state index in [4.69, 9.17) is 5.14 Å². The monoisotopic (exact) mass is 294 g/mol. The number of carbonyl (C=O) groups is 1. The number of nitrogens with two attached hydrogens (primary N) is 1. The fourth-order valence-corrected chi connectivity index (χ4v) is 2.55. The molecule has 1 aromatic heterocycles. The highest BCUT2D eigenvalue weighted by molar-refractivity contribution is 7.87. The number of ether oxygens (including phenoxy) is 1. The fraction of sp³-hybridized carbons (Fsp3) is 0.154. The zero-order valence-corrected chi connectivity index (χ0v) is 11.8. The Morgan fingerprint density at radius 2 is 1.80 bits per heavy atom. The molecule has 106 valence electrons. The second-order valence-corrected chi connectivity index (χ2v) is 5.70. The first-order valence-electron chi connectivity index (χ1n) is 5.74. The molecule has 1 aromatic carbocycles. The maximum atomic E-state index is 11.8. The number of carbonyl (C=O) groups excluding carboxylic acids is 1. The standard InChI is InChI=1S/C13H14N2O4S/c1-9-3-5-10(6-4-9)11-7-8-15(20(14,17)18)12(11)13(16)19-2/h3-8H,1-2H3,(H2,14,17,18). The molecule has 7 heteroatoms. The minimum Gasteiger partial charge on any atom is -0.464 e. The minimum absolute atomic E-state index is 0.112. The predicted octanol–water partition coefficient (Wildman–Crippen LogP) is 1.30. The van der Waals surface area contributed by atoms with Crippen LogP contribution in [-0.2, 0) is 14.9 Å². The van der Waals surface area contributed by atoms with Crippen molar-refractivity contribution in [3.05, 3.63) is 47.8 Å². The number of methoxy groups -OCH3 is 1. The third-order valence-corrected chi connectivity index (χ3v) is 3.72. The zero-order chi connectivity index (χ0) is 14.9. The van der Waals surface area contributed by atoms with Crippen molar-refractivity contribution in [2.45, 2.75) is 6.92 Å². The van der Waals surface area contributed by atoms with Crippen LogP contribution in [0.4, 0.5) is 0 Å². The van der Waals surface area contributed by atoms with Crippen LogP contribution in [0.5, 0.6) is 0 Å². The number of benzene rings is 1. The van der Waals surface area contributed by atoms with Gasteiger partial charge in [0.25, 0.3) is 0 Å². The van der Waals surface area contributed by atoms with Crippen molar-refractivity contribution in [3.8, 4) is 11.1 Å². The second kappa shape index (κ2) is 5.10. The molecule has 0 saturated carbocycles. The van der Waals surface area contributed by atoms with Crippen LogP contribution in [0.1, 0.15) is 16.1 Å². The lowest BCUT2D eigenvalue weighted by atomic mass is 10.0. The summed E-state index contributed by atoms with van der Waals surface area (Å²) in [5, 5.41) is 5.09. The number of hydrogen-bond acceptors (Lipinski definition) is 4. The summed E-state index contributed by atoms with van der Waals surface area (Å²) < 4.78 is 28.4. The molecule has 1 heterocycles. The SMILES string of the molecule is COC(=O)c1c(-c2ccc(C)cc2)ccn1S(N)(=O)=O. The van der Waals surface area contributed by atoms with Crippen molar-refractivity contribution in [1.82, 2.24) is 3.97 Å². The van der Waals surface area contributed by atoms with Crippen LogP contribution in [0.2, 0.25) is 0 Å². The summed E-state index contributed by atoms with van der Waals surface area (Å²) in [7, 11) is -2.89. The van der Waals surface area contributed by atoms with Gasteiger partial charge in [-0.2, -0.15) is 8.42 Å².